The maximum atomic E-state index is 14.3. The number of aromatic hydroxyl groups is 1. The third-order valence-electron chi connectivity index (χ3n) is 10.4. The van der Waals surface area contributed by atoms with Crippen molar-refractivity contribution in [2.45, 2.75) is 47.6 Å². The summed E-state index contributed by atoms with van der Waals surface area (Å²) in [5.41, 5.74) is -0.411. The molecule has 4 atom stereocenters. The Hall–Kier alpha value is -4.74. The number of phenolic OH excluding ortho intramolecular Hbond substituents is 1. The molecule has 0 spiro atoms. The van der Waals surface area contributed by atoms with Gasteiger partial charge in [-0.15, -0.1) is 23.2 Å². The van der Waals surface area contributed by atoms with E-state index in [4.69, 9.17) is 42.1 Å². The van der Waals surface area contributed by atoms with Gasteiger partial charge in [-0.25, -0.2) is 28.5 Å². The number of nitrogens with zero attached hydrogens (tertiary/aromatic N) is 6. The first kappa shape index (κ1) is 36.6. The number of amides is 2. The van der Waals surface area contributed by atoms with Gasteiger partial charge in [-0.05, 0) is 5.57 Å². The van der Waals surface area contributed by atoms with E-state index in [0.29, 0.717) is 28.1 Å². The van der Waals surface area contributed by atoms with Crippen molar-refractivity contribution in [3.05, 3.63) is 78.5 Å². The molecular weight excluding hydrogens is 803 g/mol. The number of methoxy groups -OCH3 is 4. The van der Waals surface area contributed by atoms with Crippen LogP contribution in [0.4, 0.5) is 0 Å². The molecule has 280 valence electrons. The van der Waals surface area contributed by atoms with Crippen LogP contribution in [0.2, 0.25) is 0 Å². The van der Waals surface area contributed by atoms with Gasteiger partial charge in [-0.2, -0.15) is 0 Å². The number of hydrogen-bond acceptors (Lipinski definition) is 11. The molecule has 2 aromatic carbocycles. The number of phenols is 1. The second-order valence-electron chi connectivity index (χ2n) is 12.8. The van der Waals surface area contributed by atoms with Crippen molar-refractivity contribution >= 4 is 62.0 Å². The van der Waals surface area contributed by atoms with Gasteiger partial charge in [0, 0.05) is 62.2 Å². The molecule has 7 rings (SSSR count). The molecule has 4 aromatic rings. The van der Waals surface area contributed by atoms with E-state index >= 15 is 0 Å². The Morgan fingerprint density at radius 2 is 1.53 bits per heavy atom. The molecule has 1 saturated heterocycles. The number of ether oxygens (including phenoxy) is 4. The van der Waals surface area contributed by atoms with Crippen LogP contribution in [-0.2, 0) is 36.1 Å². The fourth-order valence-corrected chi connectivity index (χ4v) is 9.26. The number of aromatic nitrogens is 5. The molecule has 2 fully saturated rings. The number of likely N-dealkylation sites (tertiary alicyclic amines) is 1. The topological polar surface area (TPSA) is 178 Å². The summed E-state index contributed by atoms with van der Waals surface area (Å²) >= 11 is 17.8. The largest absolute Gasteiger partial charge is 0.508 e. The van der Waals surface area contributed by atoms with E-state index in [1.165, 1.54) is 54.5 Å². The van der Waals surface area contributed by atoms with E-state index in [9.17, 15) is 29.1 Å². The molecule has 2 amide bonds. The van der Waals surface area contributed by atoms with Crippen LogP contribution in [0.1, 0.15) is 29.6 Å². The van der Waals surface area contributed by atoms with Crippen molar-refractivity contribution in [1.29, 1.82) is 0 Å². The summed E-state index contributed by atoms with van der Waals surface area (Å²) in [5, 5.41) is 10.5. The molecule has 2 aliphatic heterocycles. The van der Waals surface area contributed by atoms with Gasteiger partial charge < -0.3 is 28.6 Å². The Bertz CT molecular complexity index is 2430. The van der Waals surface area contributed by atoms with Crippen molar-refractivity contribution < 1.29 is 33.6 Å². The second kappa shape index (κ2) is 13.0. The Balaban J connectivity index is 1.35. The Morgan fingerprint density at radius 3 is 2.13 bits per heavy atom. The van der Waals surface area contributed by atoms with E-state index in [0.717, 1.165) is 9.47 Å². The van der Waals surface area contributed by atoms with Crippen LogP contribution in [-0.4, -0.2) is 88.9 Å². The van der Waals surface area contributed by atoms with Gasteiger partial charge in [0.25, 0.3) is 17.4 Å². The lowest BCUT2D eigenvalue weighted by Gasteiger charge is -2.49. The van der Waals surface area contributed by atoms with E-state index in [1.54, 1.807) is 25.3 Å². The minimum absolute atomic E-state index is 0.0803. The zero-order valence-electron chi connectivity index (χ0n) is 29.0. The molecule has 1 saturated carbocycles. The van der Waals surface area contributed by atoms with Gasteiger partial charge in [0.05, 0.1) is 57.5 Å². The first-order chi connectivity index (χ1) is 25.2. The van der Waals surface area contributed by atoms with Crippen molar-refractivity contribution in [3.8, 4) is 28.7 Å². The summed E-state index contributed by atoms with van der Waals surface area (Å²) < 4.78 is 26.9. The Kier molecular flexibility index (Phi) is 8.97. The first-order valence-electron chi connectivity index (χ1n) is 16.2. The van der Waals surface area contributed by atoms with Crippen LogP contribution >= 0.6 is 39.1 Å². The number of aryl methyl sites for hydroxylation is 2. The number of carbonyl (C=O) groups is 2. The summed E-state index contributed by atoms with van der Waals surface area (Å²) in [7, 11) is 7.23. The maximum Gasteiger partial charge on any atom is 0.347 e. The minimum atomic E-state index is -2.15. The SMILES string of the molecule is COc1cc2nc(CCn3c(=O)n4n(c3=O)C3CC5(Cl)C(=O)N(CBr)C(=O)C5(Cl)C(c5c(OC)cc(O)cc5OC)C3=CC4)c(=O)n(C)c2cc1OC. The van der Waals surface area contributed by atoms with E-state index in [1.807, 2.05) is 0 Å². The number of allylic oxidation sites excluding steroid dienone is 2. The molecule has 53 heavy (non-hydrogen) atoms. The van der Waals surface area contributed by atoms with Gasteiger partial charge in [-0.1, -0.05) is 22.0 Å². The average molecular weight is 836 g/mol. The quantitative estimate of drug-likeness (QED) is 0.113. The fourth-order valence-electron chi connectivity index (χ4n) is 7.87. The summed E-state index contributed by atoms with van der Waals surface area (Å²) in [6, 6.07) is 4.82. The maximum absolute atomic E-state index is 14.3. The highest BCUT2D eigenvalue weighted by Gasteiger charge is 2.76. The van der Waals surface area contributed by atoms with Gasteiger partial charge in [0.15, 0.2) is 21.2 Å². The van der Waals surface area contributed by atoms with Crippen LogP contribution in [0.15, 0.2) is 50.3 Å². The molecule has 0 bridgehead atoms. The number of alkyl halides is 3. The van der Waals surface area contributed by atoms with Crippen LogP contribution in [0.5, 0.6) is 28.7 Å². The molecule has 1 N–H and O–H groups in total. The van der Waals surface area contributed by atoms with Crippen molar-refractivity contribution in [3.63, 3.8) is 0 Å². The molecule has 0 radical (unpaired) electrons. The molecule has 19 heteroatoms. The molecule has 4 unspecified atom stereocenters. The molecule has 2 aromatic heterocycles. The minimum Gasteiger partial charge on any atom is -0.508 e. The standard InChI is InChI=1S/C34H33BrCl2N6O10/c1-39-20-13-23(51-3)22(50-2)12-19(20)38-18(28(39)45)7-8-40-31(48)42-9-6-17-21(43(42)32(40)49)14-33(36)29(46)41(15-35)30(47)34(33,37)27(17)26-24(52-4)10-16(44)11-25(26)53-5/h6,10-13,21,27,44H,7-9,14-15H2,1-5H3. The highest BCUT2D eigenvalue weighted by molar-refractivity contribution is 9.09. The average Bonchev–Trinajstić information content (AvgIpc) is 3.48. The first-order valence-corrected chi connectivity index (χ1v) is 18.1. The lowest BCUT2D eigenvalue weighted by Crippen LogP contribution is -2.59. The van der Waals surface area contributed by atoms with E-state index in [-0.39, 0.29) is 59.9 Å². The lowest BCUT2D eigenvalue weighted by atomic mass is 9.64. The van der Waals surface area contributed by atoms with Crippen LogP contribution in [0.3, 0.4) is 0 Å². The lowest BCUT2D eigenvalue weighted by molar-refractivity contribution is -0.138. The highest BCUT2D eigenvalue weighted by Crippen LogP contribution is 2.65. The number of fused-ring (bicyclic) bond motifs is 5. The third kappa shape index (κ3) is 4.99. The summed E-state index contributed by atoms with van der Waals surface area (Å²) in [4.78, 5) is 70.9. The highest BCUT2D eigenvalue weighted by atomic mass is 79.9. The van der Waals surface area contributed by atoms with Crippen LogP contribution < -0.4 is 35.9 Å². The number of hydrogen-bond donors (Lipinski definition) is 1. The summed E-state index contributed by atoms with van der Waals surface area (Å²) in [6.45, 7) is -0.326. The monoisotopic (exact) mass is 834 g/mol. The van der Waals surface area contributed by atoms with Gasteiger partial charge in [0.1, 0.15) is 22.9 Å². The number of halogens is 3. The Morgan fingerprint density at radius 1 is 0.906 bits per heavy atom. The van der Waals surface area contributed by atoms with E-state index in [2.05, 4.69) is 20.9 Å². The van der Waals surface area contributed by atoms with Crippen molar-refractivity contribution in [2.24, 2.45) is 7.05 Å². The smallest absolute Gasteiger partial charge is 0.347 e. The zero-order chi connectivity index (χ0) is 38.3. The van der Waals surface area contributed by atoms with Crippen LogP contribution in [0, 0.1) is 0 Å². The summed E-state index contributed by atoms with van der Waals surface area (Å²) in [6.07, 6.45) is 1.26. The number of carbonyl (C=O) groups excluding carboxylic acids is 2. The fraction of sp³-hybridized carbons (Fsp3) is 0.412. The molecule has 3 aliphatic rings. The van der Waals surface area contributed by atoms with Gasteiger partial charge in [-0.3, -0.25) is 19.3 Å². The van der Waals surface area contributed by atoms with E-state index < -0.39 is 50.5 Å². The normalized spacial score (nSPS) is 23.4. The van der Waals surface area contributed by atoms with Gasteiger partial charge >= 0.3 is 11.4 Å². The second-order valence-corrected chi connectivity index (χ2v) is 14.5. The number of benzene rings is 2. The molecule has 16 nitrogen and oxygen atoms in total. The summed E-state index contributed by atoms with van der Waals surface area (Å²) in [5.74, 6) is -2.05. The predicted molar refractivity (Wildman–Crippen MR) is 195 cm³/mol. The van der Waals surface area contributed by atoms with Crippen molar-refractivity contribution in [1.82, 2.24) is 28.4 Å². The van der Waals surface area contributed by atoms with Crippen molar-refractivity contribution in [2.75, 3.05) is 33.9 Å². The van der Waals surface area contributed by atoms with Crippen LogP contribution in [0.25, 0.3) is 11.0 Å². The molecule has 1 aliphatic carbocycles. The Labute approximate surface area is 318 Å². The number of imide groups is 1. The number of rotatable bonds is 9. The molecular formula is C34H33BrCl2N6O10. The molecule has 4 heterocycles. The third-order valence-corrected chi connectivity index (χ3v) is 12.3. The zero-order valence-corrected chi connectivity index (χ0v) is 32.1. The van der Waals surface area contributed by atoms with Gasteiger partial charge in [0.2, 0.25) is 0 Å². The predicted octanol–water partition coefficient (Wildman–Crippen LogP) is 2.39.